The third kappa shape index (κ3) is 18.6. The summed E-state index contributed by atoms with van der Waals surface area (Å²) in [4.78, 5) is 98.6. The van der Waals surface area contributed by atoms with Gasteiger partial charge in [-0.1, -0.05) is 130 Å². The number of ether oxygens (including phenoxy) is 10. The Kier molecular flexibility index (Phi) is 23.9. The van der Waals surface area contributed by atoms with Gasteiger partial charge >= 0.3 is 29.7 Å². The van der Waals surface area contributed by atoms with Crippen molar-refractivity contribution in [2.24, 2.45) is 17.8 Å². The maximum Gasteiger partial charge on any atom is 0.471 e. The van der Waals surface area contributed by atoms with Crippen molar-refractivity contribution in [1.82, 2.24) is 25.9 Å². The number of aliphatic hydroxyl groups excluding tert-OH is 1. The number of carbonyl (C=O) groups excluding carboxylic acids is 5. The lowest BCUT2D eigenvalue weighted by atomic mass is 9.81. The summed E-state index contributed by atoms with van der Waals surface area (Å²) in [6.07, 6.45) is -17.4. The fraction of sp³-hybridized carbons (Fsp3) is 0.565. The molecule has 0 bridgehead atoms. The molecule has 88 heavy (non-hydrogen) atoms. The van der Waals surface area contributed by atoms with Crippen LogP contribution in [0.25, 0.3) is 0 Å². The van der Waals surface area contributed by atoms with Gasteiger partial charge in [0.15, 0.2) is 18.7 Å². The van der Waals surface area contributed by atoms with E-state index in [1.807, 2.05) is 72.6 Å². The Morgan fingerprint density at radius 2 is 1.41 bits per heavy atom. The SMILES string of the molecule is [3H]CCOC[C@@H]1O[C@@H](O[C@@H]2CC(C(=O)OC)CC(NC(=O)c3cc(=O)[nH]c(=O)[nH]3)[C@H]2O[C@@H]2OC(C)[C@@H](C)[C@H](OCc3ccccc3)C2OCc2ccccc2)C(NC(=O)CNC(=O)C(F)(F)F)C(O[C@@H](CC2CCCCC2)C(=O)OCc2ccccc2)[C@H]1O. The number of rotatable bonds is 26. The molecule has 2 aliphatic carbocycles. The van der Waals surface area contributed by atoms with Crippen LogP contribution < -0.4 is 27.2 Å². The number of carbonyl (C=O) groups is 5. The summed E-state index contributed by atoms with van der Waals surface area (Å²) in [6.45, 7) is 1.53. The monoisotopic (exact) mass is 1240 g/mol. The highest BCUT2D eigenvalue weighted by atomic mass is 19.4. The average molecular weight is 1240 g/mol. The van der Waals surface area contributed by atoms with Gasteiger partial charge in [0.1, 0.15) is 48.9 Å². The number of hydrogen-bond acceptors (Lipinski definition) is 18. The summed E-state index contributed by atoms with van der Waals surface area (Å²) in [5, 5.41) is 19.3. The maximum atomic E-state index is 14.5. The number of methoxy groups -OCH3 is 1. The Labute approximate surface area is 507 Å². The molecule has 23 nitrogen and oxygen atoms in total. The van der Waals surface area contributed by atoms with E-state index in [9.17, 15) is 51.8 Å². The number of aromatic amines is 2. The van der Waals surface area contributed by atoms with Crippen molar-refractivity contribution in [2.45, 2.75) is 178 Å². The van der Waals surface area contributed by atoms with E-state index in [1.165, 1.54) is 5.32 Å². The lowest BCUT2D eigenvalue weighted by Gasteiger charge is -2.50. The van der Waals surface area contributed by atoms with Crippen LogP contribution in [-0.2, 0) is 86.4 Å². The van der Waals surface area contributed by atoms with Gasteiger partial charge in [0.25, 0.3) is 11.5 Å². The molecule has 4 aromatic rings. The normalized spacial score (nSPS) is 28.1. The predicted octanol–water partition coefficient (Wildman–Crippen LogP) is 4.82. The van der Waals surface area contributed by atoms with Crippen LogP contribution in [0.5, 0.6) is 0 Å². The van der Waals surface area contributed by atoms with Gasteiger partial charge in [-0.2, -0.15) is 13.2 Å². The van der Waals surface area contributed by atoms with E-state index in [4.69, 9.17) is 48.7 Å². The number of nitrogens with one attached hydrogen (secondary N) is 5. The van der Waals surface area contributed by atoms with Gasteiger partial charge in [-0.15, -0.1) is 0 Å². The van der Waals surface area contributed by atoms with E-state index in [1.54, 1.807) is 37.3 Å². The molecule has 6 N–H and O–H groups in total. The molecule has 3 aromatic carbocycles. The summed E-state index contributed by atoms with van der Waals surface area (Å²) >= 11 is 0. The number of aliphatic hydroxyl groups is 1. The zero-order valence-electron chi connectivity index (χ0n) is 50.1. The zero-order valence-corrected chi connectivity index (χ0v) is 49.1. The van der Waals surface area contributed by atoms with Crippen molar-refractivity contribution in [3.63, 3.8) is 0 Å². The third-order valence-electron chi connectivity index (χ3n) is 16.2. The van der Waals surface area contributed by atoms with Gasteiger partial charge in [0.2, 0.25) is 5.91 Å². The Balaban J connectivity index is 1.23. The number of benzene rings is 3. The van der Waals surface area contributed by atoms with E-state index < -0.39 is 151 Å². The minimum absolute atomic E-state index is 0.0156. The molecule has 0 radical (unpaired) electrons. The molecule has 3 amide bonds. The quantitative estimate of drug-likeness (QED) is 0.0363. The lowest BCUT2D eigenvalue weighted by Crippen LogP contribution is -2.68. The van der Waals surface area contributed by atoms with Gasteiger partial charge < -0.3 is 73.4 Å². The highest BCUT2D eigenvalue weighted by molar-refractivity contribution is 5.92. The molecule has 26 heteroatoms. The first-order valence-electron chi connectivity index (χ1n) is 30.2. The highest BCUT2D eigenvalue weighted by Gasteiger charge is 2.54. The molecule has 4 fully saturated rings. The summed E-state index contributed by atoms with van der Waals surface area (Å²) < 4.78 is 113. The van der Waals surface area contributed by atoms with E-state index in [0.29, 0.717) is 18.4 Å². The van der Waals surface area contributed by atoms with Gasteiger partial charge in [-0.3, -0.25) is 29.0 Å². The van der Waals surface area contributed by atoms with Crippen LogP contribution in [0.4, 0.5) is 13.2 Å². The Bertz CT molecular complexity index is 3010. The molecule has 6 unspecified atom stereocenters. The molecule has 4 aliphatic rings. The summed E-state index contributed by atoms with van der Waals surface area (Å²) in [6, 6.07) is 25.0. The summed E-state index contributed by atoms with van der Waals surface area (Å²) in [7, 11) is 1.13. The first-order chi connectivity index (χ1) is 42.8. The molecule has 0 spiro atoms. The van der Waals surface area contributed by atoms with E-state index in [2.05, 4.69) is 15.6 Å². The first-order valence-corrected chi connectivity index (χ1v) is 29.5. The fourth-order valence-corrected chi connectivity index (χ4v) is 11.5. The summed E-state index contributed by atoms with van der Waals surface area (Å²) in [5.41, 5.74) is -0.189. The van der Waals surface area contributed by atoms with Crippen LogP contribution in [-0.4, -0.2) is 157 Å². The minimum Gasteiger partial charge on any atom is -0.469 e. The maximum absolute atomic E-state index is 14.5. The molecule has 2 aliphatic heterocycles. The number of halogens is 3. The smallest absolute Gasteiger partial charge is 0.469 e. The number of aromatic nitrogens is 2. The van der Waals surface area contributed by atoms with E-state index >= 15 is 0 Å². The van der Waals surface area contributed by atoms with Gasteiger partial charge in [0, 0.05) is 20.0 Å². The fourth-order valence-electron chi connectivity index (χ4n) is 11.5. The van der Waals surface area contributed by atoms with Gasteiger partial charge in [0.05, 0.1) is 63.7 Å². The predicted molar refractivity (Wildman–Crippen MR) is 305 cm³/mol. The zero-order chi connectivity index (χ0) is 63.6. The molecular weight excluding hydrogens is 1160 g/mol. The third-order valence-corrected chi connectivity index (χ3v) is 16.2. The standard InChI is InChI=1S/C62H78F3N5O18/c1-5-80-34-46-50(73)53(85-45(26-37-18-10-6-11-19-37)57(76)83-33-40-24-16-9-17-25-40)49(69-48(72)30-66-60(77)62(63,64)65)58(87-46)86-44-28-41(56(75)79-4)27-42(67-55(74)43-29-47(71)70-61(78)68-43)52(44)88-59-54(82-32-39-22-14-8-15-23-39)51(35(2)36(3)84-59)81-31-38-20-12-7-13-21-38/h7-9,12-17,20-25,29,35-37,41-42,44-46,49-54,58-59,73H,5-6,10-11,18-19,26-28,30-34H2,1-4H3,(H,66,77)(H,67,74)(H,69,72)(H2,68,70,71,78)/t35-,36?,41?,42?,44-,45+,46+,49?,50+,51+,52-,53?,54?,58-,59+/m1/s1/i1T. The Morgan fingerprint density at radius 1 is 0.773 bits per heavy atom. The van der Waals surface area contributed by atoms with Crippen LogP contribution in [0.3, 0.4) is 0 Å². The van der Waals surface area contributed by atoms with Gasteiger partial charge in [-0.25, -0.2) is 9.59 Å². The van der Waals surface area contributed by atoms with Crippen LogP contribution in [0.1, 0.15) is 101 Å². The number of hydrogen-bond donors (Lipinski definition) is 6. The average Bonchev–Trinajstić information content (AvgIpc) is 1.45. The molecule has 3 heterocycles. The number of alkyl halides is 3. The highest BCUT2D eigenvalue weighted by Crippen LogP contribution is 2.39. The lowest BCUT2D eigenvalue weighted by molar-refractivity contribution is -0.339. The second-order valence-electron chi connectivity index (χ2n) is 22.4. The van der Waals surface area contributed by atoms with Crippen molar-refractivity contribution in [3.05, 3.63) is 140 Å². The van der Waals surface area contributed by atoms with Crippen LogP contribution in [0.2, 0.25) is 0 Å². The van der Waals surface area contributed by atoms with Crippen molar-refractivity contribution in [1.29, 1.82) is 0 Å². The van der Waals surface area contributed by atoms with E-state index in [0.717, 1.165) is 43.6 Å². The van der Waals surface area contributed by atoms with Crippen LogP contribution in [0.15, 0.2) is 107 Å². The Hall–Kier alpha value is -6.88. The number of H-pyrrole nitrogens is 2. The largest absolute Gasteiger partial charge is 0.471 e. The van der Waals surface area contributed by atoms with Crippen molar-refractivity contribution < 1.29 is 91.0 Å². The minimum atomic E-state index is -5.40. The molecular formula is C62H78F3N5O18. The summed E-state index contributed by atoms with van der Waals surface area (Å²) in [5.74, 6) is -8.02. The van der Waals surface area contributed by atoms with E-state index in [-0.39, 0.29) is 64.4 Å². The topological polar surface area (TPSA) is 300 Å². The first kappa shape index (κ1) is 65.6. The second-order valence-corrected chi connectivity index (χ2v) is 22.4. The molecule has 8 rings (SSSR count). The molecule has 2 saturated heterocycles. The Morgan fingerprint density at radius 3 is 2.02 bits per heavy atom. The molecule has 15 atom stereocenters. The molecule has 480 valence electrons. The second kappa shape index (κ2) is 32.0. The molecule has 1 aromatic heterocycles. The van der Waals surface area contributed by atoms with Crippen molar-refractivity contribution in [2.75, 3.05) is 26.9 Å². The van der Waals surface area contributed by atoms with Crippen LogP contribution in [0, 0.1) is 17.8 Å². The van der Waals surface area contributed by atoms with Crippen molar-refractivity contribution >= 4 is 29.7 Å². The number of esters is 2. The number of amides is 3. The van der Waals surface area contributed by atoms with Gasteiger partial charge in [-0.05, 0) is 55.7 Å². The molecule has 2 saturated carbocycles. The van der Waals surface area contributed by atoms with Crippen molar-refractivity contribution in [3.8, 4) is 0 Å². The van der Waals surface area contributed by atoms with Crippen LogP contribution >= 0.6 is 0 Å².